The van der Waals surface area contributed by atoms with Gasteiger partial charge in [-0.05, 0) is 18.6 Å². The van der Waals surface area contributed by atoms with Crippen LogP contribution in [0.2, 0.25) is 0 Å². The van der Waals surface area contributed by atoms with Crippen LogP contribution < -0.4 is 0 Å². The second-order valence-electron chi connectivity index (χ2n) is 5.20. The van der Waals surface area contributed by atoms with E-state index in [1.54, 1.807) is 26.3 Å². The van der Waals surface area contributed by atoms with Crippen molar-refractivity contribution >= 4 is 11.8 Å². The van der Waals surface area contributed by atoms with Crippen LogP contribution >= 0.6 is 0 Å². The van der Waals surface area contributed by atoms with Crippen molar-refractivity contribution in [2.24, 2.45) is 0 Å². The minimum Gasteiger partial charge on any atom is -0.380 e. The molecule has 7 heteroatoms. The quantitative estimate of drug-likeness (QED) is 0.756. The lowest BCUT2D eigenvalue weighted by Gasteiger charge is -2.26. The van der Waals surface area contributed by atoms with Crippen LogP contribution in [0.4, 0.5) is 0 Å². The molecule has 21 heavy (non-hydrogen) atoms. The molecule has 1 fully saturated rings. The summed E-state index contributed by atoms with van der Waals surface area (Å²) in [6, 6.07) is 1.64. The first-order chi connectivity index (χ1) is 10.0. The Morgan fingerprint density at radius 1 is 1.33 bits per heavy atom. The van der Waals surface area contributed by atoms with Gasteiger partial charge >= 0.3 is 0 Å². The third-order valence-electron chi connectivity index (χ3n) is 3.52. The van der Waals surface area contributed by atoms with E-state index in [0.29, 0.717) is 25.4 Å². The predicted octanol–water partition coefficient (Wildman–Crippen LogP) is 0.587. The van der Waals surface area contributed by atoms with E-state index in [9.17, 15) is 9.59 Å². The SMILES string of the molecule is COCc1cnc2c(c1)C(=O)N(CC1(C)OCCO1)C2=O. The molecule has 112 valence electrons. The van der Waals surface area contributed by atoms with Crippen LogP contribution in [0.1, 0.15) is 33.3 Å². The first-order valence-corrected chi connectivity index (χ1v) is 6.66. The fourth-order valence-electron chi connectivity index (χ4n) is 2.53. The van der Waals surface area contributed by atoms with Crippen molar-refractivity contribution < 1.29 is 23.8 Å². The molecule has 3 heterocycles. The van der Waals surface area contributed by atoms with E-state index in [1.807, 2.05) is 0 Å². The first kappa shape index (κ1) is 14.1. The normalized spacial score (nSPS) is 20.2. The topological polar surface area (TPSA) is 78.0 Å². The van der Waals surface area contributed by atoms with E-state index in [1.165, 1.54) is 0 Å². The Bertz CT molecular complexity index is 595. The molecule has 2 aliphatic heterocycles. The molecule has 0 radical (unpaired) electrons. The van der Waals surface area contributed by atoms with Crippen molar-refractivity contribution in [3.63, 3.8) is 0 Å². The fourth-order valence-corrected chi connectivity index (χ4v) is 2.53. The molecule has 1 aromatic rings. The Morgan fingerprint density at radius 2 is 2.05 bits per heavy atom. The number of ether oxygens (including phenoxy) is 3. The molecular weight excluding hydrogens is 276 g/mol. The highest BCUT2D eigenvalue weighted by molar-refractivity contribution is 6.20. The monoisotopic (exact) mass is 292 g/mol. The second kappa shape index (κ2) is 5.18. The van der Waals surface area contributed by atoms with Gasteiger partial charge in [0.15, 0.2) is 5.79 Å². The van der Waals surface area contributed by atoms with E-state index in [-0.39, 0.29) is 18.1 Å². The van der Waals surface area contributed by atoms with Crippen LogP contribution in [-0.2, 0) is 20.8 Å². The smallest absolute Gasteiger partial charge is 0.280 e. The Kier molecular flexibility index (Phi) is 3.48. The van der Waals surface area contributed by atoms with Crippen LogP contribution in [0, 0.1) is 0 Å². The van der Waals surface area contributed by atoms with E-state index in [2.05, 4.69) is 4.98 Å². The maximum atomic E-state index is 12.4. The minimum atomic E-state index is -0.942. The molecule has 0 spiro atoms. The fraction of sp³-hybridized carbons (Fsp3) is 0.500. The maximum absolute atomic E-state index is 12.4. The van der Waals surface area contributed by atoms with Gasteiger partial charge in [-0.15, -0.1) is 0 Å². The van der Waals surface area contributed by atoms with Gasteiger partial charge in [0, 0.05) is 13.3 Å². The second-order valence-corrected chi connectivity index (χ2v) is 5.20. The van der Waals surface area contributed by atoms with Gasteiger partial charge in [-0.1, -0.05) is 0 Å². The van der Waals surface area contributed by atoms with Gasteiger partial charge in [-0.25, -0.2) is 4.98 Å². The molecule has 0 aliphatic carbocycles. The van der Waals surface area contributed by atoms with Crippen molar-refractivity contribution in [1.29, 1.82) is 0 Å². The molecule has 0 aromatic carbocycles. The lowest BCUT2D eigenvalue weighted by molar-refractivity contribution is -0.147. The molecule has 7 nitrogen and oxygen atoms in total. The summed E-state index contributed by atoms with van der Waals surface area (Å²) in [5, 5.41) is 0. The summed E-state index contributed by atoms with van der Waals surface area (Å²) in [4.78, 5) is 29.9. The Hall–Kier alpha value is -1.83. The van der Waals surface area contributed by atoms with Gasteiger partial charge in [0.2, 0.25) is 0 Å². The number of aromatic nitrogens is 1. The zero-order valence-corrected chi connectivity index (χ0v) is 11.9. The highest BCUT2D eigenvalue weighted by Crippen LogP contribution is 2.27. The number of carbonyl (C=O) groups is 2. The Balaban J connectivity index is 1.86. The highest BCUT2D eigenvalue weighted by atomic mass is 16.7. The minimum absolute atomic E-state index is 0.0562. The number of amides is 2. The van der Waals surface area contributed by atoms with Gasteiger partial charge < -0.3 is 14.2 Å². The van der Waals surface area contributed by atoms with Crippen molar-refractivity contribution in [2.75, 3.05) is 26.9 Å². The number of fused-ring (bicyclic) bond motifs is 1. The third kappa shape index (κ3) is 2.44. The summed E-state index contributed by atoms with van der Waals surface area (Å²) >= 11 is 0. The molecule has 1 saturated heterocycles. The summed E-state index contributed by atoms with van der Waals surface area (Å²) in [6.45, 7) is 3.02. The van der Waals surface area contributed by atoms with Crippen LogP contribution in [-0.4, -0.2) is 54.4 Å². The van der Waals surface area contributed by atoms with Gasteiger partial charge in [0.1, 0.15) is 5.69 Å². The van der Waals surface area contributed by atoms with Crippen LogP contribution in [0.25, 0.3) is 0 Å². The molecule has 0 atom stereocenters. The number of carbonyl (C=O) groups excluding carboxylic acids is 2. The number of methoxy groups -OCH3 is 1. The van der Waals surface area contributed by atoms with E-state index >= 15 is 0 Å². The first-order valence-electron chi connectivity index (χ1n) is 6.66. The number of nitrogens with zero attached hydrogens (tertiary/aromatic N) is 2. The van der Waals surface area contributed by atoms with Crippen LogP contribution in [0.15, 0.2) is 12.3 Å². The molecule has 2 amide bonds. The number of rotatable bonds is 4. The van der Waals surface area contributed by atoms with E-state index in [4.69, 9.17) is 14.2 Å². The Morgan fingerprint density at radius 3 is 2.71 bits per heavy atom. The summed E-state index contributed by atoms with van der Waals surface area (Å²) in [5.74, 6) is -1.73. The molecule has 0 saturated carbocycles. The number of hydrogen-bond acceptors (Lipinski definition) is 6. The molecule has 2 aliphatic rings. The predicted molar refractivity (Wildman–Crippen MR) is 70.6 cm³/mol. The number of hydrogen-bond donors (Lipinski definition) is 0. The number of imide groups is 1. The highest BCUT2D eigenvalue weighted by Gasteiger charge is 2.43. The third-order valence-corrected chi connectivity index (χ3v) is 3.52. The Labute approximate surface area is 121 Å². The summed E-state index contributed by atoms with van der Waals surface area (Å²) < 4.78 is 15.9. The van der Waals surface area contributed by atoms with Crippen molar-refractivity contribution in [3.8, 4) is 0 Å². The van der Waals surface area contributed by atoms with Crippen LogP contribution in [0.3, 0.4) is 0 Å². The molecular formula is C14H16N2O5. The summed E-state index contributed by atoms with van der Waals surface area (Å²) in [7, 11) is 1.56. The molecule has 0 bridgehead atoms. The van der Waals surface area contributed by atoms with E-state index in [0.717, 1.165) is 10.5 Å². The van der Waals surface area contributed by atoms with Crippen molar-refractivity contribution in [2.45, 2.75) is 19.3 Å². The maximum Gasteiger partial charge on any atom is 0.280 e. The van der Waals surface area contributed by atoms with Crippen molar-refractivity contribution in [1.82, 2.24) is 9.88 Å². The number of pyridine rings is 1. The largest absolute Gasteiger partial charge is 0.380 e. The zero-order chi connectivity index (χ0) is 15.0. The standard InChI is InChI=1S/C14H16N2O5/c1-14(20-3-4-21-14)8-16-12(17)10-5-9(7-19-2)6-15-11(10)13(16)18/h5-6H,3-4,7-8H2,1-2H3. The molecule has 0 N–H and O–H groups in total. The molecule has 3 rings (SSSR count). The molecule has 0 unspecified atom stereocenters. The van der Waals surface area contributed by atoms with Crippen LogP contribution in [0.5, 0.6) is 0 Å². The summed E-state index contributed by atoms with van der Waals surface area (Å²) in [5.41, 5.74) is 1.22. The summed E-state index contributed by atoms with van der Waals surface area (Å²) in [6.07, 6.45) is 1.54. The molecule has 1 aromatic heterocycles. The van der Waals surface area contributed by atoms with Gasteiger partial charge in [0.25, 0.3) is 11.8 Å². The van der Waals surface area contributed by atoms with E-state index < -0.39 is 11.7 Å². The van der Waals surface area contributed by atoms with Crippen molar-refractivity contribution in [3.05, 3.63) is 29.1 Å². The lowest BCUT2D eigenvalue weighted by atomic mass is 10.1. The lowest BCUT2D eigenvalue weighted by Crippen LogP contribution is -2.44. The average molecular weight is 292 g/mol. The zero-order valence-electron chi connectivity index (χ0n) is 11.9. The van der Waals surface area contributed by atoms with Gasteiger partial charge in [-0.2, -0.15) is 0 Å². The average Bonchev–Trinajstić information content (AvgIpc) is 2.98. The van der Waals surface area contributed by atoms with Gasteiger partial charge in [-0.3, -0.25) is 14.5 Å². The van der Waals surface area contributed by atoms with Gasteiger partial charge in [0.05, 0.1) is 31.9 Å².